The SMILES string of the molecule is O=C(Cc1coc(-c2ccccc2)n1)Nc1cc(Cl)ccc1OCC1CCCO1. The molecule has 29 heavy (non-hydrogen) atoms. The molecule has 7 heteroatoms. The van der Waals surface area contributed by atoms with E-state index in [2.05, 4.69) is 10.3 Å². The number of amides is 1. The van der Waals surface area contributed by atoms with Crippen molar-refractivity contribution in [1.82, 2.24) is 4.98 Å². The third-order valence-corrected chi connectivity index (χ3v) is 4.81. The average molecular weight is 413 g/mol. The van der Waals surface area contributed by atoms with Gasteiger partial charge in [0.05, 0.1) is 23.9 Å². The molecule has 1 amide bonds. The van der Waals surface area contributed by atoms with Gasteiger partial charge in [-0.25, -0.2) is 4.98 Å². The largest absolute Gasteiger partial charge is 0.489 e. The lowest BCUT2D eigenvalue weighted by Crippen LogP contribution is -2.19. The Morgan fingerprint density at radius 1 is 1.24 bits per heavy atom. The Balaban J connectivity index is 1.40. The highest BCUT2D eigenvalue weighted by molar-refractivity contribution is 6.31. The molecule has 0 bridgehead atoms. The Hall–Kier alpha value is -2.83. The van der Waals surface area contributed by atoms with Crippen molar-refractivity contribution in [3.05, 3.63) is 65.5 Å². The van der Waals surface area contributed by atoms with Crippen molar-refractivity contribution in [2.45, 2.75) is 25.4 Å². The number of hydrogen-bond donors (Lipinski definition) is 1. The summed E-state index contributed by atoms with van der Waals surface area (Å²) in [7, 11) is 0. The van der Waals surface area contributed by atoms with Crippen molar-refractivity contribution in [2.24, 2.45) is 0 Å². The number of oxazole rings is 1. The quantitative estimate of drug-likeness (QED) is 0.607. The zero-order valence-electron chi connectivity index (χ0n) is 15.8. The van der Waals surface area contributed by atoms with Gasteiger partial charge < -0.3 is 19.2 Å². The van der Waals surface area contributed by atoms with Gasteiger partial charge in [0, 0.05) is 17.2 Å². The van der Waals surface area contributed by atoms with Crippen LogP contribution in [0.2, 0.25) is 5.02 Å². The smallest absolute Gasteiger partial charge is 0.230 e. The van der Waals surface area contributed by atoms with Crippen molar-refractivity contribution in [1.29, 1.82) is 0 Å². The van der Waals surface area contributed by atoms with Crippen molar-refractivity contribution in [3.63, 3.8) is 0 Å². The highest BCUT2D eigenvalue weighted by Gasteiger charge is 2.18. The van der Waals surface area contributed by atoms with Crippen LogP contribution in [0.5, 0.6) is 5.75 Å². The topological polar surface area (TPSA) is 73.6 Å². The summed E-state index contributed by atoms with van der Waals surface area (Å²) in [5.74, 6) is 0.808. The number of rotatable bonds is 7. The van der Waals surface area contributed by atoms with E-state index < -0.39 is 0 Å². The molecule has 3 aromatic rings. The molecule has 2 heterocycles. The number of halogens is 1. The highest BCUT2D eigenvalue weighted by Crippen LogP contribution is 2.29. The Kier molecular flexibility index (Phi) is 6.12. The van der Waals surface area contributed by atoms with Crippen molar-refractivity contribution >= 4 is 23.2 Å². The third-order valence-electron chi connectivity index (χ3n) is 4.58. The summed E-state index contributed by atoms with van der Waals surface area (Å²) in [5.41, 5.74) is 1.93. The van der Waals surface area contributed by atoms with Crippen molar-refractivity contribution in [3.8, 4) is 17.2 Å². The molecule has 1 aromatic heterocycles. The van der Waals surface area contributed by atoms with Gasteiger partial charge in [-0.2, -0.15) is 0 Å². The summed E-state index contributed by atoms with van der Waals surface area (Å²) < 4.78 is 16.9. The Labute approximate surface area is 173 Å². The van der Waals surface area contributed by atoms with E-state index >= 15 is 0 Å². The van der Waals surface area contributed by atoms with E-state index in [1.165, 1.54) is 6.26 Å². The van der Waals surface area contributed by atoms with Gasteiger partial charge in [0.1, 0.15) is 18.6 Å². The van der Waals surface area contributed by atoms with Crippen LogP contribution in [0.1, 0.15) is 18.5 Å². The summed E-state index contributed by atoms with van der Waals surface area (Å²) in [6.07, 6.45) is 3.68. The first-order valence-electron chi connectivity index (χ1n) is 9.51. The van der Waals surface area contributed by atoms with Crippen LogP contribution in [0.15, 0.2) is 59.2 Å². The lowest BCUT2D eigenvalue weighted by atomic mass is 10.2. The van der Waals surface area contributed by atoms with Gasteiger partial charge in [0.15, 0.2) is 0 Å². The molecule has 0 spiro atoms. The lowest BCUT2D eigenvalue weighted by molar-refractivity contribution is -0.115. The molecule has 150 valence electrons. The Bertz CT molecular complexity index is 968. The van der Waals surface area contributed by atoms with Gasteiger partial charge in [0.25, 0.3) is 0 Å². The van der Waals surface area contributed by atoms with Crippen LogP contribution in [-0.2, 0) is 16.0 Å². The number of anilines is 1. The Morgan fingerprint density at radius 3 is 2.90 bits per heavy atom. The number of nitrogens with one attached hydrogen (secondary N) is 1. The average Bonchev–Trinajstić information content (AvgIpc) is 3.40. The molecule has 0 aliphatic carbocycles. The van der Waals surface area contributed by atoms with Crippen LogP contribution >= 0.6 is 11.6 Å². The molecule has 1 aliphatic heterocycles. The molecule has 1 fully saturated rings. The maximum absolute atomic E-state index is 12.5. The molecular formula is C22H21ClN2O4. The summed E-state index contributed by atoms with van der Waals surface area (Å²) in [4.78, 5) is 16.9. The summed E-state index contributed by atoms with van der Waals surface area (Å²) in [6.45, 7) is 1.20. The van der Waals surface area contributed by atoms with Crippen molar-refractivity contribution < 1.29 is 18.7 Å². The van der Waals surface area contributed by atoms with Gasteiger partial charge in [-0.15, -0.1) is 0 Å². The van der Waals surface area contributed by atoms with Crippen LogP contribution in [-0.4, -0.2) is 30.2 Å². The van der Waals surface area contributed by atoms with Gasteiger partial charge >= 0.3 is 0 Å². The van der Waals surface area contributed by atoms with Crippen LogP contribution < -0.4 is 10.1 Å². The van der Waals surface area contributed by atoms with Gasteiger partial charge in [-0.05, 0) is 43.2 Å². The van der Waals surface area contributed by atoms with Crippen molar-refractivity contribution in [2.75, 3.05) is 18.5 Å². The zero-order chi connectivity index (χ0) is 20.1. The number of nitrogens with zero attached hydrogens (tertiary/aromatic N) is 1. The van der Waals surface area contributed by atoms with Crippen LogP contribution in [0.4, 0.5) is 5.69 Å². The summed E-state index contributed by atoms with van der Waals surface area (Å²) in [6, 6.07) is 14.7. The fraction of sp³-hybridized carbons (Fsp3) is 0.273. The second kappa shape index (κ2) is 9.11. The molecule has 1 saturated heterocycles. The van der Waals surface area contributed by atoms with E-state index in [0.29, 0.717) is 34.7 Å². The first kappa shape index (κ1) is 19.5. The molecule has 1 N–H and O–H groups in total. The zero-order valence-corrected chi connectivity index (χ0v) is 16.5. The monoisotopic (exact) mass is 412 g/mol. The third kappa shape index (κ3) is 5.16. The molecule has 1 atom stereocenters. The summed E-state index contributed by atoms with van der Waals surface area (Å²) >= 11 is 6.10. The van der Waals surface area contributed by atoms with E-state index in [1.807, 2.05) is 30.3 Å². The first-order chi connectivity index (χ1) is 14.2. The standard InChI is InChI=1S/C22H21ClN2O4/c23-16-8-9-20(28-14-18-7-4-10-27-18)19(11-16)25-21(26)12-17-13-29-22(24-17)15-5-2-1-3-6-15/h1-3,5-6,8-9,11,13,18H,4,7,10,12,14H2,(H,25,26). The normalized spacial score (nSPS) is 16.0. The van der Waals surface area contributed by atoms with Crippen LogP contribution in [0.25, 0.3) is 11.5 Å². The predicted molar refractivity (Wildman–Crippen MR) is 110 cm³/mol. The molecule has 4 rings (SSSR count). The van der Waals surface area contributed by atoms with E-state index in [-0.39, 0.29) is 18.4 Å². The van der Waals surface area contributed by atoms with E-state index in [4.69, 9.17) is 25.5 Å². The molecule has 1 aliphatic rings. The predicted octanol–water partition coefficient (Wildman–Crippen LogP) is 4.73. The van der Waals surface area contributed by atoms with Gasteiger partial charge in [-0.1, -0.05) is 29.8 Å². The molecular weight excluding hydrogens is 392 g/mol. The van der Waals surface area contributed by atoms with Crippen LogP contribution in [0.3, 0.4) is 0 Å². The second-order valence-electron chi connectivity index (χ2n) is 6.82. The van der Waals surface area contributed by atoms with E-state index in [1.54, 1.807) is 18.2 Å². The number of carbonyl (C=O) groups excluding carboxylic acids is 1. The summed E-state index contributed by atoms with van der Waals surface area (Å²) in [5, 5.41) is 3.37. The van der Waals surface area contributed by atoms with Gasteiger partial charge in [-0.3, -0.25) is 4.79 Å². The number of benzene rings is 2. The van der Waals surface area contributed by atoms with E-state index in [0.717, 1.165) is 25.0 Å². The minimum Gasteiger partial charge on any atom is -0.489 e. The Morgan fingerprint density at radius 2 is 2.10 bits per heavy atom. The number of hydrogen-bond acceptors (Lipinski definition) is 5. The first-order valence-corrected chi connectivity index (χ1v) is 9.89. The molecule has 0 radical (unpaired) electrons. The fourth-order valence-corrected chi connectivity index (χ4v) is 3.32. The maximum atomic E-state index is 12.5. The molecule has 1 unspecified atom stereocenters. The van der Waals surface area contributed by atoms with E-state index in [9.17, 15) is 4.79 Å². The second-order valence-corrected chi connectivity index (χ2v) is 7.26. The molecule has 0 saturated carbocycles. The number of carbonyl (C=O) groups is 1. The lowest BCUT2D eigenvalue weighted by Gasteiger charge is -2.15. The molecule has 6 nitrogen and oxygen atoms in total. The minimum atomic E-state index is -0.234. The number of aromatic nitrogens is 1. The minimum absolute atomic E-state index is 0.0774. The number of ether oxygens (including phenoxy) is 2. The highest BCUT2D eigenvalue weighted by atomic mass is 35.5. The fourth-order valence-electron chi connectivity index (χ4n) is 3.14. The molecule has 2 aromatic carbocycles. The van der Waals surface area contributed by atoms with Gasteiger partial charge in [0.2, 0.25) is 11.8 Å². The maximum Gasteiger partial charge on any atom is 0.230 e. The van der Waals surface area contributed by atoms with Crippen LogP contribution in [0, 0.1) is 0 Å².